The standard InChI is InChI=1S/C20H25N3O5S2/c1-13(24)21-11-14-9-10-18(29-14)30(27,28)23-16-8-6-5-7-15(16)19(26)22-12-17(25)20(2,3)4/h5-10,23H,11-12H2,1-4H3,(H,21,24)(H,22,26). The molecule has 2 rings (SSSR count). The molecule has 0 atom stereocenters. The molecule has 0 spiro atoms. The van der Waals surface area contributed by atoms with E-state index in [2.05, 4.69) is 15.4 Å². The van der Waals surface area contributed by atoms with Crippen molar-refractivity contribution in [2.45, 2.75) is 38.4 Å². The van der Waals surface area contributed by atoms with Crippen molar-refractivity contribution in [3.8, 4) is 0 Å². The summed E-state index contributed by atoms with van der Waals surface area (Å²) >= 11 is 1.02. The normalized spacial score (nSPS) is 11.6. The van der Waals surface area contributed by atoms with Crippen LogP contribution in [-0.4, -0.2) is 32.6 Å². The molecular formula is C20H25N3O5S2. The zero-order chi connectivity index (χ0) is 22.5. The van der Waals surface area contributed by atoms with Gasteiger partial charge in [0.25, 0.3) is 15.9 Å². The lowest BCUT2D eigenvalue weighted by atomic mass is 9.91. The molecular weight excluding hydrogens is 426 g/mol. The Morgan fingerprint density at radius 1 is 1.00 bits per heavy atom. The van der Waals surface area contributed by atoms with Gasteiger partial charge < -0.3 is 10.6 Å². The lowest BCUT2D eigenvalue weighted by Gasteiger charge is -2.17. The number of para-hydroxylation sites is 1. The van der Waals surface area contributed by atoms with E-state index in [1.54, 1.807) is 39.0 Å². The summed E-state index contributed by atoms with van der Waals surface area (Å²) in [7, 11) is -3.93. The molecule has 1 aromatic heterocycles. The van der Waals surface area contributed by atoms with Gasteiger partial charge in [-0.25, -0.2) is 8.42 Å². The summed E-state index contributed by atoms with van der Waals surface area (Å²) in [4.78, 5) is 36.3. The van der Waals surface area contributed by atoms with E-state index in [9.17, 15) is 22.8 Å². The predicted molar refractivity (Wildman–Crippen MR) is 116 cm³/mol. The maximum atomic E-state index is 12.8. The van der Waals surface area contributed by atoms with Crippen LogP contribution in [0.25, 0.3) is 0 Å². The number of rotatable bonds is 8. The molecule has 0 radical (unpaired) electrons. The first-order valence-corrected chi connectivity index (χ1v) is 11.5. The van der Waals surface area contributed by atoms with E-state index in [1.165, 1.54) is 25.1 Å². The van der Waals surface area contributed by atoms with Gasteiger partial charge in [-0.05, 0) is 24.3 Å². The number of hydrogen-bond donors (Lipinski definition) is 3. The molecule has 0 aliphatic heterocycles. The van der Waals surface area contributed by atoms with E-state index in [-0.39, 0.29) is 40.2 Å². The number of carbonyl (C=O) groups is 3. The van der Waals surface area contributed by atoms with Crippen LogP contribution in [0.15, 0.2) is 40.6 Å². The maximum Gasteiger partial charge on any atom is 0.271 e. The Morgan fingerprint density at radius 3 is 2.30 bits per heavy atom. The third-order valence-corrected chi connectivity index (χ3v) is 7.02. The summed E-state index contributed by atoms with van der Waals surface area (Å²) < 4.78 is 28.0. The number of amides is 2. The number of sulfonamides is 1. The van der Waals surface area contributed by atoms with Gasteiger partial charge in [0.05, 0.1) is 24.3 Å². The molecule has 0 unspecified atom stereocenters. The summed E-state index contributed by atoms with van der Waals surface area (Å²) in [5.41, 5.74) is -0.379. The molecule has 0 aliphatic carbocycles. The molecule has 0 bridgehead atoms. The second-order valence-corrected chi connectivity index (χ2v) is 10.7. The number of thiophene rings is 1. The number of nitrogens with one attached hydrogen (secondary N) is 3. The van der Waals surface area contributed by atoms with Crippen LogP contribution in [0.1, 0.15) is 42.9 Å². The molecule has 162 valence electrons. The third kappa shape index (κ3) is 6.39. The van der Waals surface area contributed by atoms with Crippen molar-refractivity contribution in [2.24, 2.45) is 5.41 Å². The zero-order valence-electron chi connectivity index (χ0n) is 17.2. The molecule has 1 heterocycles. The Morgan fingerprint density at radius 2 is 1.67 bits per heavy atom. The van der Waals surface area contributed by atoms with Crippen LogP contribution in [-0.2, 0) is 26.2 Å². The van der Waals surface area contributed by atoms with Crippen molar-refractivity contribution in [2.75, 3.05) is 11.3 Å². The van der Waals surface area contributed by atoms with E-state index in [0.717, 1.165) is 11.3 Å². The Balaban J connectivity index is 2.16. The Kier molecular flexibility index (Phi) is 7.38. The van der Waals surface area contributed by atoms with Crippen LogP contribution in [0.4, 0.5) is 5.69 Å². The van der Waals surface area contributed by atoms with E-state index in [1.807, 2.05) is 0 Å². The van der Waals surface area contributed by atoms with Gasteiger partial charge in [0, 0.05) is 17.2 Å². The lowest BCUT2D eigenvalue weighted by molar-refractivity contribution is -0.125. The van der Waals surface area contributed by atoms with Crippen LogP contribution in [0.5, 0.6) is 0 Å². The van der Waals surface area contributed by atoms with Gasteiger partial charge in [-0.3, -0.25) is 19.1 Å². The average molecular weight is 452 g/mol. The highest BCUT2D eigenvalue weighted by molar-refractivity contribution is 7.94. The molecule has 10 heteroatoms. The second-order valence-electron chi connectivity index (χ2n) is 7.64. The number of anilines is 1. The summed E-state index contributed by atoms with van der Waals surface area (Å²) in [6.45, 7) is 6.72. The van der Waals surface area contributed by atoms with Gasteiger partial charge in [0.2, 0.25) is 5.91 Å². The molecule has 0 saturated carbocycles. The smallest absolute Gasteiger partial charge is 0.271 e. The molecule has 0 fully saturated rings. The van der Waals surface area contributed by atoms with Gasteiger partial charge >= 0.3 is 0 Å². The highest BCUT2D eigenvalue weighted by atomic mass is 32.2. The SMILES string of the molecule is CC(=O)NCc1ccc(S(=O)(=O)Nc2ccccc2C(=O)NCC(=O)C(C)(C)C)s1. The molecule has 8 nitrogen and oxygen atoms in total. The van der Waals surface area contributed by atoms with Gasteiger partial charge in [-0.1, -0.05) is 32.9 Å². The zero-order valence-corrected chi connectivity index (χ0v) is 18.9. The minimum atomic E-state index is -3.93. The fraction of sp³-hybridized carbons (Fsp3) is 0.350. The molecule has 1 aromatic carbocycles. The average Bonchev–Trinajstić information content (AvgIpc) is 3.13. The van der Waals surface area contributed by atoms with Crippen molar-refractivity contribution >= 4 is 44.6 Å². The highest BCUT2D eigenvalue weighted by Crippen LogP contribution is 2.25. The Hall–Kier alpha value is -2.72. The third-order valence-electron chi connectivity index (χ3n) is 4.08. The van der Waals surface area contributed by atoms with E-state index >= 15 is 0 Å². The van der Waals surface area contributed by atoms with Crippen LogP contribution in [0.3, 0.4) is 0 Å². The van der Waals surface area contributed by atoms with Gasteiger partial charge in [-0.15, -0.1) is 11.3 Å². The summed E-state index contributed by atoms with van der Waals surface area (Å²) in [5, 5.41) is 5.15. The summed E-state index contributed by atoms with van der Waals surface area (Å²) in [6, 6.07) is 9.22. The van der Waals surface area contributed by atoms with Crippen LogP contribution < -0.4 is 15.4 Å². The number of carbonyl (C=O) groups excluding carboxylic acids is 3. The van der Waals surface area contributed by atoms with Crippen molar-refractivity contribution in [3.63, 3.8) is 0 Å². The van der Waals surface area contributed by atoms with Crippen molar-refractivity contribution < 1.29 is 22.8 Å². The first kappa shape index (κ1) is 23.6. The minimum absolute atomic E-state index is 0.0565. The van der Waals surface area contributed by atoms with E-state index in [4.69, 9.17) is 0 Å². The van der Waals surface area contributed by atoms with E-state index in [0.29, 0.717) is 4.88 Å². The number of hydrogen-bond acceptors (Lipinski definition) is 6. The molecule has 0 aliphatic rings. The highest BCUT2D eigenvalue weighted by Gasteiger charge is 2.23. The molecule has 2 amide bonds. The predicted octanol–water partition coefficient (Wildman–Crippen LogP) is 2.53. The Labute approximate surface area is 180 Å². The Bertz CT molecular complexity index is 1050. The fourth-order valence-electron chi connectivity index (χ4n) is 2.30. The lowest BCUT2D eigenvalue weighted by Crippen LogP contribution is -2.35. The number of benzene rings is 1. The van der Waals surface area contributed by atoms with E-state index < -0.39 is 21.3 Å². The first-order valence-electron chi connectivity index (χ1n) is 9.16. The monoisotopic (exact) mass is 451 g/mol. The minimum Gasteiger partial charge on any atom is -0.351 e. The van der Waals surface area contributed by atoms with Crippen molar-refractivity contribution in [1.29, 1.82) is 0 Å². The fourth-order valence-corrected chi connectivity index (χ4v) is 4.67. The van der Waals surface area contributed by atoms with Gasteiger partial charge in [-0.2, -0.15) is 0 Å². The topological polar surface area (TPSA) is 121 Å². The largest absolute Gasteiger partial charge is 0.351 e. The van der Waals surface area contributed by atoms with Gasteiger partial charge in [0.1, 0.15) is 4.21 Å². The first-order chi connectivity index (χ1) is 13.9. The van der Waals surface area contributed by atoms with Crippen molar-refractivity contribution in [1.82, 2.24) is 10.6 Å². The summed E-state index contributed by atoms with van der Waals surface area (Å²) in [5.74, 6) is -0.904. The summed E-state index contributed by atoms with van der Waals surface area (Å²) in [6.07, 6.45) is 0. The second kappa shape index (κ2) is 9.40. The van der Waals surface area contributed by atoms with Crippen LogP contribution >= 0.6 is 11.3 Å². The molecule has 3 N–H and O–H groups in total. The van der Waals surface area contributed by atoms with Gasteiger partial charge in [0.15, 0.2) is 5.78 Å². The van der Waals surface area contributed by atoms with Crippen LogP contribution in [0, 0.1) is 5.41 Å². The molecule has 0 saturated heterocycles. The molecule has 2 aromatic rings. The number of Topliss-reactive ketones (excluding diaryl/α,β-unsaturated/α-hetero) is 1. The van der Waals surface area contributed by atoms with Crippen LogP contribution in [0.2, 0.25) is 0 Å². The molecule has 30 heavy (non-hydrogen) atoms. The number of ketones is 1. The maximum absolute atomic E-state index is 12.8. The quantitative estimate of drug-likeness (QED) is 0.569. The van der Waals surface area contributed by atoms with Crippen molar-refractivity contribution in [3.05, 3.63) is 46.8 Å².